The topological polar surface area (TPSA) is 99.8 Å². The summed E-state index contributed by atoms with van der Waals surface area (Å²) < 4.78 is 0. The van der Waals surface area contributed by atoms with Crippen LogP contribution in [0.2, 0.25) is 0 Å². The maximum atomic E-state index is 11.4. The molecule has 6 heteroatoms. The summed E-state index contributed by atoms with van der Waals surface area (Å²) in [6.07, 6.45) is -0.739. The van der Waals surface area contributed by atoms with E-state index in [1.54, 1.807) is 24.3 Å². The minimum absolute atomic E-state index is 0.340. The van der Waals surface area contributed by atoms with Crippen LogP contribution < -0.4 is 16.7 Å². The highest BCUT2D eigenvalue weighted by Gasteiger charge is 2.34. The third kappa shape index (κ3) is 1.14. The van der Waals surface area contributed by atoms with E-state index in [1.807, 2.05) is 0 Å². The van der Waals surface area contributed by atoms with E-state index in [2.05, 4.69) is 0 Å². The molecule has 1 aliphatic rings. The highest BCUT2D eigenvalue weighted by atomic mass is 16.6. The maximum absolute atomic E-state index is 11.4. The molecule has 2 atom stereocenters. The summed E-state index contributed by atoms with van der Waals surface area (Å²) in [7, 11) is 0. The zero-order valence-corrected chi connectivity index (χ0v) is 7.31. The van der Waals surface area contributed by atoms with E-state index in [9.17, 15) is 10.0 Å². The number of rotatable bonds is 0. The normalized spacial score (nSPS) is 27.5. The Bertz CT molecular complexity index is 381. The number of hydroxylamine groups is 1. The Labute approximate surface area is 80.2 Å². The molecule has 0 aliphatic carbocycles. The van der Waals surface area contributed by atoms with E-state index >= 15 is 0 Å². The van der Waals surface area contributed by atoms with Gasteiger partial charge < -0.3 is 10.9 Å². The number of benzene rings is 1. The highest BCUT2D eigenvalue weighted by molar-refractivity contribution is 5.89. The smallest absolute Gasteiger partial charge is 0.365 e. The molecule has 0 fully saturated rings. The summed E-state index contributed by atoms with van der Waals surface area (Å²) in [6.45, 7) is 0. The summed E-state index contributed by atoms with van der Waals surface area (Å²) >= 11 is 0. The van der Waals surface area contributed by atoms with Crippen LogP contribution in [0.4, 0.5) is 0 Å². The lowest BCUT2D eigenvalue weighted by atomic mass is 10.0. The molecule has 0 radical (unpaired) electrons. The van der Waals surface area contributed by atoms with Crippen molar-refractivity contribution >= 4 is 5.91 Å². The van der Waals surface area contributed by atoms with Crippen molar-refractivity contribution in [3.8, 4) is 0 Å². The van der Waals surface area contributed by atoms with Gasteiger partial charge in [-0.1, -0.05) is 23.3 Å². The second-order valence-electron chi connectivity index (χ2n) is 3.07. The summed E-state index contributed by atoms with van der Waals surface area (Å²) in [5.74, 6) is 4.76. The lowest BCUT2D eigenvalue weighted by molar-refractivity contribution is -0.906. The average Bonchev–Trinajstić information content (AvgIpc) is 2.23. The SMILES string of the molecule is NC1c2ccccc2C(=O)[NH+]([O-])N1N. The lowest BCUT2D eigenvalue weighted by Gasteiger charge is -2.36. The van der Waals surface area contributed by atoms with E-state index in [0.717, 1.165) is 5.12 Å². The summed E-state index contributed by atoms with van der Waals surface area (Å²) in [4.78, 5) is 11.4. The quantitative estimate of drug-likeness (QED) is 0.336. The number of amides is 1. The van der Waals surface area contributed by atoms with Gasteiger partial charge in [-0.05, 0) is 6.07 Å². The predicted octanol–water partition coefficient (Wildman–Crippen LogP) is -1.73. The van der Waals surface area contributed by atoms with Crippen molar-refractivity contribution < 1.29 is 9.97 Å². The molecule has 1 aromatic rings. The first-order chi connectivity index (χ1) is 6.63. The van der Waals surface area contributed by atoms with Crippen LogP contribution in [0.5, 0.6) is 0 Å². The van der Waals surface area contributed by atoms with Crippen molar-refractivity contribution in [2.45, 2.75) is 6.17 Å². The first kappa shape index (κ1) is 9.25. The first-order valence-electron chi connectivity index (χ1n) is 4.10. The molecule has 0 saturated heterocycles. The molecule has 0 saturated carbocycles. The molecule has 6 nitrogen and oxygen atoms in total. The third-order valence-corrected chi connectivity index (χ3v) is 2.25. The standard InChI is InChI=1S/C8H10N4O2/c9-7-5-3-1-2-4-6(5)8(13)12(14)11(7)10/h1-4,7,12H,9-10H2. The Hall–Kier alpha value is -1.31. The Morgan fingerprint density at radius 3 is 2.79 bits per heavy atom. The van der Waals surface area contributed by atoms with Gasteiger partial charge in [-0.2, -0.15) is 0 Å². The molecule has 14 heavy (non-hydrogen) atoms. The Kier molecular flexibility index (Phi) is 2.06. The molecule has 2 unspecified atom stereocenters. The van der Waals surface area contributed by atoms with Crippen LogP contribution >= 0.6 is 0 Å². The molecule has 0 bridgehead atoms. The molecule has 1 amide bonds. The fourth-order valence-electron chi connectivity index (χ4n) is 1.47. The lowest BCUT2D eigenvalue weighted by Crippen LogP contribution is -3.19. The van der Waals surface area contributed by atoms with Crippen molar-refractivity contribution in [1.82, 2.24) is 5.12 Å². The number of fused-ring (bicyclic) bond motifs is 1. The third-order valence-electron chi connectivity index (χ3n) is 2.25. The second kappa shape index (κ2) is 3.12. The Morgan fingerprint density at radius 1 is 1.43 bits per heavy atom. The van der Waals surface area contributed by atoms with Gasteiger partial charge >= 0.3 is 5.91 Å². The van der Waals surface area contributed by atoms with Crippen LogP contribution in [-0.4, -0.2) is 11.0 Å². The van der Waals surface area contributed by atoms with Crippen LogP contribution in [0.25, 0.3) is 0 Å². The molecular weight excluding hydrogens is 184 g/mol. The number of nitrogens with two attached hydrogens (primary N) is 2. The monoisotopic (exact) mass is 194 g/mol. The Balaban J connectivity index is 2.56. The molecule has 1 heterocycles. The van der Waals surface area contributed by atoms with Gasteiger partial charge in [0.1, 0.15) is 6.17 Å². The van der Waals surface area contributed by atoms with Crippen LogP contribution in [0.1, 0.15) is 22.1 Å². The van der Waals surface area contributed by atoms with Crippen molar-refractivity contribution in [3.63, 3.8) is 0 Å². The van der Waals surface area contributed by atoms with Gasteiger partial charge in [-0.3, -0.25) is 0 Å². The molecule has 0 spiro atoms. The number of nitrogens with zero attached hydrogens (tertiary/aromatic N) is 1. The minimum atomic E-state index is -0.767. The fourth-order valence-corrected chi connectivity index (χ4v) is 1.47. The molecule has 2 rings (SSSR count). The number of hydrogen-bond donors (Lipinski definition) is 3. The van der Waals surface area contributed by atoms with Gasteiger partial charge in [0.2, 0.25) is 0 Å². The van der Waals surface area contributed by atoms with E-state index in [4.69, 9.17) is 11.6 Å². The van der Waals surface area contributed by atoms with Gasteiger partial charge in [0, 0.05) is 5.56 Å². The van der Waals surface area contributed by atoms with Crippen LogP contribution in [0.15, 0.2) is 24.3 Å². The summed E-state index contributed by atoms with van der Waals surface area (Å²) in [6, 6.07) is 6.69. The van der Waals surface area contributed by atoms with Crippen LogP contribution in [0.3, 0.4) is 0 Å². The van der Waals surface area contributed by atoms with Crippen molar-refractivity contribution in [1.29, 1.82) is 0 Å². The molecule has 1 aliphatic heterocycles. The zero-order chi connectivity index (χ0) is 10.3. The van der Waals surface area contributed by atoms with Crippen LogP contribution in [0, 0.1) is 5.21 Å². The molecular formula is C8H10N4O2. The van der Waals surface area contributed by atoms with Gasteiger partial charge in [-0.25, -0.2) is 15.8 Å². The largest absolute Gasteiger partial charge is 0.604 e. The zero-order valence-electron chi connectivity index (χ0n) is 7.31. The second-order valence-corrected chi connectivity index (χ2v) is 3.07. The van der Waals surface area contributed by atoms with Gasteiger partial charge in [0.15, 0.2) is 0 Å². The number of carbonyl (C=O) groups is 1. The maximum Gasteiger partial charge on any atom is 0.365 e. The Morgan fingerprint density at radius 2 is 2.07 bits per heavy atom. The predicted molar refractivity (Wildman–Crippen MR) is 48.1 cm³/mol. The number of carbonyl (C=O) groups excluding carboxylic acids is 1. The molecule has 1 aromatic carbocycles. The van der Waals surface area contributed by atoms with Gasteiger partial charge in [0.25, 0.3) is 0 Å². The number of nitrogens with one attached hydrogen (secondary N) is 1. The van der Waals surface area contributed by atoms with Crippen molar-refractivity contribution in [2.75, 3.05) is 0 Å². The van der Waals surface area contributed by atoms with Crippen molar-refractivity contribution in [2.24, 2.45) is 11.6 Å². The summed E-state index contributed by atoms with van der Waals surface area (Å²) in [5.41, 5.74) is 6.59. The minimum Gasteiger partial charge on any atom is -0.604 e. The van der Waals surface area contributed by atoms with E-state index < -0.39 is 17.2 Å². The van der Waals surface area contributed by atoms with Crippen LogP contribution in [-0.2, 0) is 0 Å². The fraction of sp³-hybridized carbons (Fsp3) is 0.125. The molecule has 74 valence electrons. The highest BCUT2D eigenvalue weighted by Crippen LogP contribution is 2.18. The van der Waals surface area contributed by atoms with E-state index in [0.29, 0.717) is 11.1 Å². The average molecular weight is 194 g/mol. The molecule has 0 aromatic heterocycles. The summed E-state index contributed by atoms with van der Waals surface area (Å²) in [5, 5.41) is 11.3. The number of quaternary nitrogens is 1. The van der Waals surface area contributed by atoms with E-state index in [1.165, 1.54) is 0 Å². The van der Waals surface area contributed by atoms with Gasteiger partial charge in [-0.15, -0.1) is 0 Å². The van der Waals surface area contributed by atoms with Crippen molar-refractivity contribution in [3.05, 3.63) is 40.6 Å². The first-order valence-corrected chi connectivity index (χ1v) is 4.10. The van der Waals surface area contributed by atoms with E-state index in [-0.39, 0.29) is 0 Å². The number of hydrogen-bond acceptors (Lipinski definition) is 5. The molecule has 5 N–H and O–H groups in total. The number of hydrazine groups is 1. The van der Waals surface area contributed by atoms with Gasteiger partial charge in [0.05, 0.1) is 5.56 Å².